The number of carbonyl (C=O) groups is 5. The van der Waals surface area contributed by atoms with Crippen molar-refractivity contribution in [3.63, 3.8) is 0 Å². The molecule has 9 N–H and O–H groups in total. The zero-order valence-electron chi connectivity index (χ0n) is 17.7. The highest BCUT2D eigenvalue weighted by atomic mass is 16.4. The van der Waals surface area contributed by atoms with Crippen LogP contribution in [0.2, 0.25) is 0 Å². The van der Waals surface area contributed by atoms with Crippen molar-refractivity contribution < 1.29 is 44.4 Å². The van der Waals surface area contributed by atoms with Crippen LogP contribution in [0.3, 0.4) is 0 Å². The molecule has 3 amide bonds. The normalized spacial score (nSPS) is 15.8. The maximum Gasteiger partial charge on any atom is 0.326 e. The Kier molecular flexibility index (Phi) is 12.3. The molecule has 0 bridgehead atoms. The molecule has 0 aromatic rings. The quantitative estimate of drug-likeness (QED) is 0.135. The van der Waals surface area contributed by atoms with Gasteiger partial charge in [-0.25, -0.2) is 4.79 Å². The standard InChI is InChI=1S/C18H32N4O9/c1-8(2)6-10(19)15(27)22-14(9(3)24)17(29)21-12(7-23)16(28)20-11(18(30)31)4-5-13(25)26/h8-12,14,23-24H,4-7,19H2,1-3H3,(H,20,28)(H,21,29)(H,22,27)(H,25,26)(H,30,31). The van der Waals surface area contributed by atoms with Crippen LogP contribution in [0.5, 0.6) is 0 Å². The smallest absolute Gasteiger partial charge is 0.326 e. The lowest BCUT2D eigenvalue weighted by molar-refractivity contribution is -0.143. The molecule has 5 unspecified atom stereocenters. The minimum atomic E-state index is -1.61. The van der Waals surface area contributed by atoms with Crippen molar-refractivity contribution in [3.05, 3.63) is 0 Å². The zero-order chi connectivity index (χ0) is 24.3. The summed E-state index contributed by atoms with van der Waals surface area (Å²) in [5.41, 5.74) is 5.75. The molecule has 0 aromatic carbocycles. The van der Waals surface area contributed by atoms with Gasteiger partial charge in [-0.1, -0.05) is 13.8 Å². The fraction of sp³-hybridized carbons (Fsp3) is 0.722. The average molecular weight is 448 g/mol. The summed E-state index contributed by atoms with van der Waals surface area (Å²) in [7, 11) is 0. The minimum Gasteiger partial charge on any atom is -0.481 e. The number of nitrogens with two attached hydrogens (primary N) is 1. The van der Waals surface area contributed by atoms with Crippen molar-refractivity contribution in [3.8, 4) is 0 Å². The van der Waals surface area contributed by atoms with E-state index in [1.807, 2.05) is 19.2 Å². The molecule has 0 rings (SSSR count). The Labute approximate surface area is 179 Å². The number of rotatable bonds is 14. The number of nitrogens with one attached hydrogen (secondary N) is 3. The summed E-state index contributed by atoms with van der Waals surface area (Å²) in [4.78, 5) is 58.7. The third kappa shape index (κ3) is 10.7. The van der Waals surface area contributed by atoms with Crippen molar-refractivity contribution in [1.82, 2.24) is 16.0 Å². The van der Waals surface area contributed by atoms with Crippen LogP contribution in [0.15, 0.2) is 0 Å². The second-order valence-electron chi connectivity index (χ2n) is 7.54. The van der Waals surface area contributed by atoms with Crippen molar-refractivity contribution in [2.24, 2.45) is 11.7 Å². The van der Waals surface area contributed by atoms with E-state index in [-0.39, 0.29) is 5.92 Å². The molecule has 0 aromatic heterocycles. The van der Waals surface area contributed by atoms with Gasteiger partial charge in [0.15, 0.2) is 0 Å². The lowest BCUT2D eigenvalue weighted by atomic mass is 10.0. The van der Waals surface area contributed by atoms with Gasteiger partial charge in [-0.15, -0.1) is 0 Å². The Morgan fingerprint density at radius 3 is 1.84 bits per heavy atom. The predicted octanol–water partition coefficient (Wildman–Crippen LogP) is -2.86. The van der Waals surface area contributed by atoms with Crippen LogP contribution in [0.25, 0.3) is 0 Å². The highest BCUT2D eigenvalue weighted by Crippen LogP contribution is 2.04. The second kappa shape index (κ2) is 13.5. The fourth-order valence-electron chi connectivity index (χ4n) is 2.53. The Bertz CT molecular complexity index is 654. The molecule has 13 heteroatoms. The van der Waals surface area contributed by atoms with Gasteiger partial charge < -0.3 is 42.1 Å². The summed E-state index contributed by atoms with van der Waals surface area (Å²) in [6.07, 6.45) is -1.99. The Morgan fingerprint density at radius 2 is 1.42 bits per heavy atom. The van der Waals surface area contributed by atoms with E-state index in [2.05, 4.69) is 10.6 Å². The van der Waals surface area contributed by atoms with Crippen LogP contribution in [-0.2, 0) is 24.0 Å². The van der Waals surface area contributed by atoms with Gasteiger partial charge in [-0.2, -0.15) is 0 Å². The Hall–Kier alpha value is -2.77. The molecule has 178 valence electrons. The van der Waals surface area contributed by atoms with E-state index in [0.717, 1.165) is 0 Å². The molecular weight excluding hydrogens is 416 g/mol. The molecule has 31 heavy (non-hydrogen) atoms. The summed E-state index contributed by atoms with van der Waals surface area (Å²) in [5, 5.41) is 43.4. The highest BCUT2D eigenvalue weighted by Gasteiger charge is 2.32. The third-order valence-corrected chi connectivity index (χ3v) is 4.20. The summed E-state index contributed by atoms with van der Waals surface area (Å²) in [6.45, 7) is 3.99. The van der Waals surface area contributed by atoms with Gasteiger partial charge in [0.2, 0.25) is 17.7 Å². The second-order valence-corrected chi connectivity index (χ2v) is 7.54. The number of carbonyl (C=O) groups excluding carboxylic acids is 3. The molecule has 13 nitrogen and oxygen atoms in total. The van der Waals surface area contributed by atoms with E-state index >= 15 is 0 Å². The molecule has 0 saturated carbocycles. The van der Waals surface area contributed by atoms with E-state index in [9.17, 15) is 34.2 Å². The topological polar surface area (TPSA) is 228 Å². The van der Waals surface area contributed by atoms with Crippen LogP contribution in [-0.4, -0.2) is 87.0 Å². The van der Waals surface area contributed by atoms with Crippen LogP contribution in [0.4, 0.5) is 0 Å². The lowest BCUT2D eigenvalue weighted by Gasteiger charge is -2.26. The van der Waals surface area contributed by atoms with Crippen molar-refractivity contribution in [2.75, 3.05) is 6.61 Å². The molecule has 0 aliphatic carbocycles. The van der Waals surface area contributed by atoms with Gasteiger partial charge >= 0.3 is 11.9 Å². The lowest BCUT2D eigenvalue weighted by Crippen LogP contribution is -2.60. The van der Waals surface area contributed by atoms with E-state index in [0.29, 0.717) is 6.42 Å². The molecule has 0 heterocycles. The molecule has 0 fully saturated rings. The first-order valence-corrected chi connectivity index (χ1v) is 9.70. The van der Waals surface area contributed by atoms with E-state index in [4.69, 9.17) is 15.9 Å². The number of aliphatic hydroxyl groups excluding tert-OH is 2. The Morgan fingerprint density at radius 1 is 0.871 bits per heavy atom. The summed E-state index contributed by atoms with van der Waals surface area (Å²) in [6, 6.07) is -5.59. The highest BCUT2D eigenvalue weighted by molar-refractivity contribution is 5.94. The summed E-state index contributed by atoms with van der Waals surface area (Å²) < 4.78 is 0. The number of carboxylic acid groups (broad SMARTS) is 2. The van der Waals surface area contributed by atoms with Crippen LogP contribution in [0.1, 0.15) is 40.0 Å². The predicted molar refractivity (Wildman–Crippen MR) is 106 cm³/mol. The number of hydrogen-bond acceptors (Lipinski definition) is 8. The Balaban J connectivity index is 5.15. The zero-order valence-corrected chi connectivity index (χ0v) is 17.7. The third-order valence-electron chi connectivity index (χ3n) is 4.20. The SMILES string of the molecule is CC(C)CC(N)C(=O)NC(C(=O)NC(CO)C(=O)NC(CCC(=O)O)C(=O)O)C(C)O. The fourth-order valence-corrected chi connectivity index (χ4v) is 2.53. The molecular formula is C18H32N4O9. The van der Waals surface area contributed by atoms with Crippen molar-refractivity contribution in [2.45, 2.75) is 70.3 Å². The molecule has 0 saturated heterocycles. The van der Waals surface area contributed by atoms with Crippen LogP contribution in [0, 0.1) is 5.92 Å². The summed E-state index contributed by atoms with van der Waals surface area (Å²) >= 11 is 0. The van der Waals surface area contributed by atoms with Gasteiger partial charge in [0.25, 0.3) is 0 Å². The number of hydrogen-bond donors (Lipinski definition) is 8. The minimum absolute atomic E-state index is 0.102. The number of aliphatic hydroxyl groups is 2. The van der Waals surface area contributed by atoms with Crippen LogP contribution >= 0.6 is 0 Å². The first-order valence-electron chi connectivity index (χ1n) is 9.70. The first-order chi connectivity index (χ1) is 14.3. The average Bonchev–Trinajstić information content (AvgIpc) is 2.65. The van der Waals surface area contributed by atoms with Crippen LogP contribution < -0.4 is 21.7 Å². The number of carboxylic acids is 2. The van der Waals surface area contributed by atoms with Gasteiger partial charge in [-0.05, 0) is 25.7 Å². The first kappa shape index (κ1) is 28.2. The maximum absolute atomic E-state index is 12.5. The molecule has 0 spiro atoms. The summed E-state index contributed by atoms with van der Waals surface area (Å²) in [5.74, 6) is -5.44. The maximum atomic E-state index is 12.5. The van der Waals surface area contributed by atoms with Gasteiger partial charge in [0.1, 0.15) is 18.1 Å². The van der Waals surface area contributed by atoms with Gasteiger partial charge in [0.05, 0.1) is 18.8 Å². The van der Waals surface area contributed by atoms with E-state index < -0.39 is 79.4 Å². The monoisotopic (exact) mass is 448 g/mol. The number of aliphatic carboxylic acids is 2. The van der Waals surface area contributed by atoms with E-state index in [1.165, 1.54) is 6.92 Å². The van der Waals surface area contributed by atoms with Crippen molar-refractivity contribution >= 4 is 29.7 Å². The van der Waals surface area contributed by atoms with Gasteiger partial charge in [-0.3, -0.25) is 19.2 Å². The molecule has 0 aliphatic rings. The largest absolute Gasteiger partial charge is 0.481 e. The molecule has 0 aliphatic heterocycles. The molecule has 5 atom stereocenters. The number of amides is 3. The molecule has 0 radical (unpaired) electrons. The van der Waals surface area contributed by atoms with Crippen molar-refractivity contribution in [1.29, 1.82) is 0 Å². The van der Waals surface area contributed by atoms with Gasteiger partial charge in [0, 0.05) is 6.42 Å². The van der Waals surface area contributed by atoms with E-state index in [1.54, 1.807) is 0 Å².